The summed E-state index contributed by atoms with van der Waals surface area (Å²) < 4.78 is 0. The second-order valence-corrected chi connectivity index (χ2v) is 13.8. The Morgan fingerprint density at radius 2 is 1.07 bits per heavy atom. The minimum atomic E-state index is 0.224. The number of rotatable bonds is 5. The zero-order valence-corrected chi connectivity index (χ0v) is 26.4. The third-order valence-electron chi connectivity index (χ3n) is 9.14. The summed E-state index contributed by atoms with van der Waals surface area (Å²) in [5, 5.41) is 5.11. The van der Waals surface area contributed by atoms with Gasteiger partial charge in [0.25, 0.3) is 0 Å². The second-order valence-electron chi connectivity index (χ2n) is 13.8. The SMILES string of the molecule is Cc1ccccc1N(c1cccc(CC(C)(C)C)c1)c1ccc2cc3c(cc2c1)-c1cc2cc(-c4ccccc4)ccc2cc1-3. The fraction of sp³-hybridized carbons (Fsp3) is 0.136. The lowest BCUT2D eigenvalue weighted by molar-refractivity contribution is 0.411. The number of nitrogens with zero attached hydrogens (tertiary/aromatic N) is 1. The quantitative estimate of drug-likeness (QED) is 0.196. The molecular weight excluding hydrogens is 542 g/mol. The first-order valence-electron chi connectivity index (χ1n) is 16.0. The molecule has 0 saturated heterocycles. The number of fused-ring (bicyclic) bond motifs is 6. The van der Waals surface area contributed by atoms with Crippen molar-refractivity contribution < 1.29 is 0 Å². The molecule has 0 N–H and O–H groups in total. The van der Waals surface area contributed by atoms with E-state index in [4.69, 9.17) is 0 Å². The molecule has 45 heavy (non-hydrogen) atoms. The Morgan fingerprint density at radius 3 is 1.76 bits per heavy atom. The van der Waals surface area contributed by atoms with E-state index < -0.39 is 0 Å². The zero-order valence-electron chi connectivity index (χ0n) is 26.4. The van der Waals surface area contributed by atoms with E-state index in [1.165, 1.54) is 83.1 Å². The molecule has 0 heterocycles. The molecule has 0 aliphatic heterocycles. The molecule has 0 amide bonds. The predicted molar refractivity (Wildman–Crippen MR) is 194 cm³/mol. The summed E-state index contributed by atoms with van der Waals surface area (Å²) in [6, 6.07) is 51.7. The molecule has 1 aliphatic carbocycles. The number of hydrogen-bond acceptors (Lipinski definition) is 1. The third kappa shape index (κ3) is 4.99. The molecule has 0 atom stereocenters. The van der Waals surface area contributed by atoms with Gasteiger partial charge in [0.1, 0.15) is 0 Å². The Hall–Kier alpha value is -5.14. The summed E-state index contributed by atoms with van der Waals surface area (Å²) in [7, 11) is 0. The number of aryl methyl sites for hydroxylation is 1. The number of para-hydroxylation sites is 1. The van der Waals surface area contributed by atoms with Crippen LogP contribution in [-0.4, -0.2) is 0 Å². The highest BCUT2D eigenvalue weighted by molar-refractivity contribution is 6.12. The average Bonchev–Trinajstić information content (AvgIpc) is 3.04. The fourth-order valence-corrected chi connectivity index (χ4v) is 7.02. The van der Waals surface area contributed by atoms with Gasteiger partial charge < -0.3 is 4.90 Å². The molecule has 218 valence electrons. The van der Waals surface area contributed by atoms with Crippen LogP contribution in [0.25, 0.3) is 54.9 Å². The van der Waals surface area contributed by atoms with Crippen LogP contribution in [0.15, 0.2) is 140 Å². The first-order valence-corrected chi connectivity index (χ1v) is 16.0. The molecule has 1 aliphatic rings. The Labute approximate surface area is 266 Å². The van der Waals surface area contributed by atoms with Gasteiger partial charge in [-0.3, -0.25) is 0 Å². The van der Waals surface area contributed by atoms with Crippen LogP contribution >= 0.6 is 0 Å². The van der Waals surface area contributed by atoms with E-state index >= 15 is 0 Å². The minimum absolute atomic E-state index is 0.224. The summed E-state index contributed by atoms with van der Waals surface area (Å²) in [5.41, 5.74) is 14.3. The summed E-state index contributed by atoms with van der Waals surface area (Å²) in [4.78, 5) is 2.42. The van der Waals surface area contributed by atoms with E-state index in [1.807, 2.05) is 0 Å². The molecule has 0 unspecified atom stereocenters. The molecule has 0 radical (unpaired) electrons. The van der Waals surface area contributed by atoms with Gasteiger partial charge in [0, 0.05) is 17.1 Å². The third-order valence-corrected chi connectivity index (χ3v) is 9.14. The summed E-state index contributed by atoms with van der Waals surface area (Å²) in [6.07, 6.45) is 1.03. The zero-order chi connectivity index (χ0) is 30.7. The summed E-state index contributed by atoms with van der Waals surface area (Å²) in [5.74, 6) is 0. The van der Waals surface area contributed by atoms with Gasteiger partial charge >= 0.3 is 0 Å². The van der Waals surface area contributed by atoms with Gasteiger partial charge in [0.05, 0.1) is 0 Å². The van der Waals surface area contributed by atoms with Crippen molar-refractivity contribution in [2.75, 3.05) is 4.90 Å². The molecule has 1 nitrogen and oxygen atoms in total. The second kappa shape index (κ2) is 10.5. The highest BCUT2D eigenvalue weighted by Gasteiger charge is 2.24. The van der Waals surface area contributed by atoms with Gasteiger partial charge in [-0.1, -0.05) is 99.6 Å². The van der Waals surface area contributed by atoms with Gasteiger partial charge in [-0.25, -0.2) is 0 Å². The van der Waals surface area contributed by atoms with Crippen LogP contribution in [0, 0.1) is 12.3 Å². The number of anilines is 3. The number of hydrogen-bond donors (Lipinski definition) is 0. The maximum absolute atomic E-state index is 2.42. The maximum Gasteiger partial charge on any atom is 0.0490 e. The van der Waals surface area contributed by atoms with Crippen molar-refractivity contribution in [2.24, 2.45) is 5.41 Å². The molecule has 0 bridgehead atoms. The Kier molecular flexibility index (Phi) is 6.39. The van der Waals surface area contributed by atoms with Crippen LogP contribution in [0.2, 0.25) is 0 Å². The molecule has 0 aromatic heterocycles. The van der Waals surface area contributed by atoms with E-state index in [0.29, 0.717) is 0 Å². The molecule has 0 saturated carbocycles. The van der Waals surface area contributed by atoms with Gasteiger partial charge in [0.15, 0.2) is 0 Å². The summed E-state index contributed by atoms with van der Waals surface area (Å²) >= 11 is 0. The monoisotopic (exact) mass is 579 g/mol. The topological polar surface area (TPSA) is 3.24 Å². The van der Waals surface area contributed by atoms with E-state index in [0.717, 1.165) is 6.42 Å². The van der Waals surface area contributed by atoms with Crippen LogP contribution in [0.5, 0.6) is 0 Å². The summed E-state index contributed by atoms with van der Waals surface area (Å²) in [6.45, 7) is 9.12. The lowest BCUT2D eigenvalue weighted by atomic mass is 9.77. The standard InChI is InChI=1S/C44H37N/c1-29-11-8-9-16-43(29)45(37-15-10-12-30(21-37)28-44(2,3)4)38-20-19-34-25-40-39-24-33-18-17-32(31-13-6-5-7-14-31)22-35(33)26-41(39)42(40)27-36(34)23-38/h5-27H,28H2,1-4H3. The smallest absolute Gasteiger partial charge is 0.0490 e. The highest BCUT2D eigenvalue weighted by atomic mass is 15.1. The van der Waals surface area contributed by atoms with Gasteiger partial charge in [-0.2, -0.15) is 0 Å². The molecular formula is C44H37N. The van der Waals surface area contributed by atoms with Crippen molar-refractivity contribution >= 4 is 38.6 Å². The van der Waals surface area contributed by atoms with E-state index in [9.17, 15) is 0 Å². The normalized spacial score (nSPS) is 12.1. The highest BCUT2D eigenvalue weighted by Crippen LogP contribution is 2.51. The van der Waals surface area contributed by atoms with Gasteiger partial charge in [-0.15, -0.1) is 0 Å². The lowest BCUT2D eigenvalue weighted by Crippen LogP contribution is -2.13. The van der Waals surface area contributed by atoms with Crippen LogP contribution < -0.4 is 4.90 Å². The molecule has 0 spiro atoms. The first-order chi connectivity index (χ1) is 21.8. The van der Waals surface area contributed by atoms with E-state index in [-0.39, 0.29) is 5.41 Å². The molecule has 7 aromatic rings. The first kappa shape index (κ1) is 27.4. The number of benzene rings is 7. The van der Waals surface area contributed by atoms with E-state index in [1.54, 1.807) is 0 Å². The predicted octanol–water partition coefficient (Wildman–Crippen LogP) is 12.7. The van der Waals surface area contributed by atoms with E-state index in [2.05, 4.69) is 172 Å². The maximum atomic E-state index is 2.42. The van der Waals surface area contributed by atoms with Crippen LogP contribution in [0.1, 0.15) is 31.9 Å². The Morgan fingerprint density at radius 1 is 0.467 bits per heavy atom. The van der Waals surface area contributed by atoms with Crippen LogP contribution in [-0.2, 0) is 6.42 Å². The molecule has 1 heteroatoms. The Balaban J connectivity index is 1.22. The Bertz CT molecular complexity index is 2230. The van der Waals surface area contributed by atoms with Gasteiger partial charge in [-0.05, 0) is 145 Å². The van der Waals surface area contributed by atoms with Gasteiger partial charge in [0.2, 0.25) is 0 Å². The largest absolute Gasteiger partial charge is 0.310 e. The van der Waals surface area contributed by atoms with Crippen LogP contribution in [0.3, 0.4) is 0 Å². The van der Waals surface area contributed by atoms with Crippen LogP contribution in [0.4, 0.5) is 17.1 Å². The minimum Gasteiger partial charge on any atom is -0.310 e. The van der Waals surface area contributed by atoms with Crippen molar-refractivity contribution in [1.82, 2.24) is 0 Å². The molecule has 7 aromatic carbocycles. The van der Waals surface area contributed by atoms with Crippen molar-refractivity contribution in [3.63, 3.8) is 0 Å². The molecule has 8 rings (SSSR count). The molecule has 0 fully saturated rings. The van der Waals surface area contributed by atoms with Crippen molar-refractivity contribution in [3.05, 3.63) is 151 Å². The average molecular weight is 580 g/mol. The van der Waals surface area contributed by atoms with Crippen molar-refractivity contribution in [2.45, 2.75) is 34.1 Å². The fourth-order valence-electron chi connectivity index (χ4n) is 7.02. The van der Waals surface area contributed by atoms with Crippen molar-refractivity contribution in [1.29, 1.82) is 0 Å². The van der Waals surface area contributed by atoms with Crippen molar-refractivity contribution in [3.8, 4) is 33.4 Å². The lowest BCUT2D eigenvalue weighted by Gasteiger charge is -2.29.